The Labute approximate surface area is 217 Å². The van der Waals surface area contributed by atoms with E-state index in [2.05, 4.69) is 17.6 Å². The molecule has 0 bridgehead atoms. The van der Waals surface area contributed by atoms with Crippen LogP contribution in [0.2, 0.25) is 0 Å². The molecule has 7 heteroatoms. The monoisotopic (exact) mass is 499 g/mol. The summed E-state index contributed by atoms with van der Waals surface area (Å²) in [5.41, 5.74) is 2.96. The van der Waals surface area contributed by atoms with E-state index in [0.717, 1.165) is 29.5 Å². The molecule has 1 amide bonds. The minimum atomic E-state index is -0.192. The molecule has 0 radical (unpaired) electrons. The summed E-state index contributed by atoms with van der Waals surface area (Å²) >= 11 is 0. The van der Waals surface area contributed by atoms with Gasteiger partial charge in [-0.05, 0) is 55.3 Å². The fourth-order valence-corrected chi connectivity index (χ4v) is 4.01. The number of fused-ring (bicyclic) bond motifs is 1. The molecule has 2 N–H and O–H groups in total. The highest BCUT2D eigenvalue weighted by Gasteiger charge is 2.17. The molecule has 0 aliphatic carbocycles. The van der Waals surface area contributed by atoms with Crippen LogP contribution in [0.4, 0.5) is 11.5 Å². The van der Waals surface area contributed by atoms with E-state index >= 15 is 0 Å². The molecule has 1 atom stereocenters. The van der Waals surface area contributed by atoms with Crippen LogP contribution in [0.5, 0.6) is 17.2 Å². The first-order chi connectivity index (χ1) is 18.0. The standard InChI is InChI=1S/C30H33N3O4/c1-5-6-17-37-22-13-11-21(12-14-22)20(2)31-30(34)25-19-29(32-26-10-8-7-9-24(25)26)33-27-16-15-23(35-3)18-28(27)36-4/h7-16,18-20H,5-6,17H2,1-4H3,(H,31,34)(H,32,33)/t20-/m1/s1. The van der Waals surface area contributed by atoms with Crippen molar-refractivity contribution in [3.63, 3.8) is 0 Å². The van der Waals surface area contributed by atoms with Crippen LogP contribution in [-0.4, -0.2) is 31.7 Å². The largest absolute Gasteiger partial charge is 0.497 e. The molecular formula is C30H33N3O4. The third-order valence-electron chi connectivity index (χ3n) is 6.13. The van der Waals surface area contributed by atoms with Crippen molar-refractivity contribution in [2.45, 2.75) is 32.7 Å². The maximum Gasteiger partial charge on any atom is 0.252 e. The van der Waals surface area contributed by atoms with E-state index in [4.69, 9.17) is 19.2 Å². The molecule has 0 fully saturated rings. The summed E-state index contributed by atoms with van der Waals surface area (Å²) in [5, 5.41) is 7.19. The summed E-state index contributed by atoms with van der Waals surface area (Å²) in [5.74, 6) is 2.48. The van der Waals surface area contributed by atoms with Crippen molar-refractivity contribution in [2.75, 3.05) is 26.1 Å². The molecule has 0 saturated heterocycles. The summed E-state index contributed by atoms with van der Waals surface area (Å²) in [6, 6.07) is 22.5. The molecule has 0 aliphatic rings. The van der Waals surface area contributed by atoms with Gasteiger partial charge in [-0.15, -0.1) is 0 Å². The lowest BCUT2D eigenvalue weighted by Gasteiger charge is -2.17. The van der Waals surface area contributed by atoms with E-state index in [1.54, 1.807) is 26.4 Å². The Morgan fingerprint density at radius 3 is 2.43 bits per heavy atom. The van der Waals surface area contributed by atoms with Crippen LogP contribution in [0.15, 0.2) is 72.8 Å². The third kappa shape index (κ3) is 6.30. The summed E-state index contributed by atoms with van der Waals surface area (Å²) in [6.45, 7) is 4.81. The van der Waals surface area contributed by atoms with Crippen LogP contribution in [0.3, 0.4) is 0 Å². The summed E-state index contributed by atoms with van der Waals surface area (Å²) < 4.78 is 16.5. The van der Waals surface area contributed by atoms with Gasteiger partial charge in [0.2, 0.25) is 0 Å². The Balaban J connectivity index is 1.56. The first kappa shape index (κ1) is 25.8. The number of aromatic nitrogens is 1. The van der Waals surface area contributed by atoms with Gasteiger partial charge in [-0.3, -0.25) is 4.79 Å². The second-order valence-electron chi connectivity index (χ2n) is 8.73. The normalized spacial score (nSPS) is 11.6. The number of amides is 1. The lowest BCUT2D eigenvalue weighted by molar-refractivity contribution is 0.0941. The topological polar surface area (TPSA) is 81.7 Å². The van der Waals surface area contributed by atoms with E-state index in [1.165, 1.54) is 0 Å². The lowest BCUT2D eigenvalue weighted by atomic mass is 10.1. The maximum absolute atomic E-state index is 13.5. The predicted molar refractivity (Wildman–Crippen MR) is 147 cm³/mol. The number of nitrogens with one attached hydrogen (secondary N) is 2. The second-order valence-corrected chi connectivity index (χ2v) is 8.73. The fourth-order valence-electron chi connectivity index (χ4n) is 4.01. The third-order valence-corrected chi connectivity index (χ3v) is 6.13. The molecule has 0 saturated carbocycles. The minimum absolute atomic E-state index is 0.181. The highest BCUT2D eigenvalue weighted by molar-refractivity contribution is 6.07. The number of carbonyl (C=O) groups excluding carboxylic acids is 1. The molecule has 7 nitrogen and oxygen atoms in total. The number of pyridine rings is 1. The molecule has 192 valence electrons. The van der Waals surface area contributed by atoms with Crippen LogP contribution >= 0.6 is 0 Å². The van der Waals surface area contributed by atoms with Gasteiger partial charge in [0.15, 0.2) is 0 Å². The van der Waals surface area contributed by atoms with Crippen LogP contribution in [0.25, 0.3) is 10.9 Å². The van der Waals surface area contributed by atoms with Crippen molar-refractivity contribution in [1.82, 2.24) is 10.3 Å². The Hall–Kier alpha value is -4.26. The van der Waals surface area contributed by atoms with Gasteiger partial charge in [-0.1, -0.05) is 43.7 Å². The zero-order valence-corrected chi connectivity index (χ0v) is 21.7. The molecule has 4 aromatic rings. The molecule has 0 unspecified atom stereocenters. The second kappa shape index (κ2) is 12.1. The number of hydrogen-bond donors (Lipinski definition) is 2. The van der Waals surface area contributed by atoms with Crippen LogP contribution in [0.1, 0.15) is 48.7 Å². The number of methoxy groups -OCH3 is 2. The average Bonchev–Trinajstić information content (AvgIpc) is 2.93. The Morgan fingerprint density at radius 2 is 1.70 bits per heavy atom. The average molecular weight is 500 g/mol. The Kier molecular flexibility index (Phi) is 8.46. The Morgan fingerprint density at radius 1 is 0.946 bits per heavy atom. The number of benzene rings is 3. The van der Waals surface area contributed by atoms with E-state index < -0.39 is 0 Å². The number of unbranched alkanes of at least 4 members (excludes halogenated alkanes) is 1. The number of carbonyl (C=O) groups is 1. The van der Waals surface area contributed by atoms with Crippen LogP contribution < -0.4 is 24.8 Å². The first-order valence-corrected chi connectivity index (χ1v) is 12.4. The van der Waals surface area contributed by atoms with Crippen molar-refractivity contribution in [2.24, 2.45) is 0 Å². The van der Waals surface area contributed by atoms with Gasteiger partial charge < -0.3 is 24.8 Å². The molecular weight excluding hydrogens is 466 g/mol. The number of anilines is 2. The van der Waals surface area contributed by atoms with Crippen molar-refractivity contribution in [3.05, 3.63) is 83.9 Å². The predicted octanol–water partition coefficient (Wildman–Crippen LogP) is 6.67. The SMILES string of the molecule is CCCCOc1ccc([C@@H](C)NC(=O)c2cc(Nc3ccc(OC)cc3OC)nc3ccccc23)cc1. The van der Waals surface area contributed by atoms with E-state index in [0.29, 0.717) is 40.7 Å². The van der Waals surface area contributed by atoms with Gasteiger partial charge >= 0.3 is 0 Å². The molecule has 4 rings (SSSR count). The van der Waals surface area contributed by atoms with Crippen molar-refractivity contribution < 1.29 is 19.0 Å². The molecule has 1 aromatic heterocycles. The van der Waals surface area contributed by atoms with Gasteiger partial charge in [-0.25, -0.2) is 4.98 Å². The van der Waals surface area contributed by atoms with Gasteiger partial charge in [0.05, 0.1) is 43.6 Å². The highest BCUT2D eigenvalue weighted by atomic mass is 16.5. The van der Waals surface area contributed by atoms with Gasteiger partial charge in [-0.2, -0.15) is 0 Å². The zero-order valence-electron chi connectivity index (χ0n) is 21.7. The number of rotatable bonds is 11. The number of ether oxygens (including phenoxy) is 3. The maximum atomic E-state index is 13.5. The first-order valence-electron chi connectivity index (χ1n) is 12.4. The number of hydrogen-bond acceptors (Lipinski definition) is 6. The molecule has 3 aromatic carbocycles. The van der Waals surface area contributed by atoms with E-state index in [-0.39, 0.29) is 11.9 Å². The number of nitrogens with zero attached hydrogens (tertiary/aromatic N) is 1. The van der Waals surface area contributed by atoms with Crippen molar-refractivity contribution in [3.8, 4) is 17.2 Å². The molecule has 0 spiro atoms. The van der Waals surface area contributed by atoms with E-state index in [1.807, 2.05) is 67.6 Å². The summed E-state index contributed by atoms with van der Waals surface area (Å²) in [6.07, 6.45) is 2.12. The van der Waals surface area contributed by atoms with Crippen molar-refractivity contribution in [1.29, 1.82) is 0 Å². The van der Waals surface area contributed by atoms with Gasteiger partial charge in [0.25, 0.3) is 5.91 Å². The lowest BCUT2D eigenvalue weighted by Crippen LogP contribution is -2.27. The smallest absolute Gasteiger partial charge is 0.252 e. The van der Waals surface area contributed by atoms with Crippen molar-refractivity contribution >= 4 is 28.3 Å². The molecule has 0 aliphatic heterocycles. The van der Waals surface area contributed by atoms with Crippen LogP contribution in [0, 0.1) is 0 Å². The van der Waals surface area contributed by atoms with Gasteiger partial charge in [0, 0.05) is 11.5 Å². The molecule has 37 heavy (non-hydrogen) atoms. The molecule has 1 heterocycles. The quantitative estimate of drug-likeness (QED) is 0.224. The fraction of sp³-hybridized carbons (Fsp3) is 0.267. The zero-order chi connectivity index (χ0) is 26.2. The number of para-hydroxylation sites is 1. The summed E-state index contributed by atoms with van der Waals surface area (Å²) in [4.78, 5) is 18.2. The Bertz CT molecular complexity index is 1360. The highest BCUT2D eigenvalue weighted by Crippen LogP contribution is 2.32. The van der Waals surface area contributed by atoms with Gasteiger partial charge in [0.1, 0.15) is 23.1 Å². The van der Waals surface area contributed by atoms with Crippen LogP contribution in [-0.2, 0) is 0 Å². The minimum Gasteiger partial charge on any atom is -0.497 e. The summed E-state index contributed by atoms with van der Waals surface area (Å²) in [7, 11) is 3.20. The van der Waals surface area contributed by atoms with E-state index in [9.17, 15) is 4.79 Å².